The van der Waals surface area contributed by atoms with E-state index in [0.29, 0.717) is 24.3 Å². The first-order valence-electron chi connectivity index (χ1n) is 11.7. The highest BCUT2D eigenvalue weighted by Gasteiger charge is 2.21. The Labute approximate surface area is 221 Å². The molecule has 7 nitrogen and oxygen atoms in total. The number of carbonyl (C=O) groups excluding carboxylic acids is 3. The summed E-state index contributed by atoms with van der Waals surface area (Å²) in [6.45, 7) is 0.306. The van der Waals surface area contributed by atoms with Crippen LogP contribution in [0.1, 0.15) is 27.9 Å². The molecule has 0 aromatic heterocycles. The maximum Gasteiger partial charge on any atom is 0.328 e. The SMILES string of the molecule is COC(=O)[C@H](CCSC)NC(=O)c1ccc(CNC(=O)/C=C/c2cccc(Oc3ccccc3)c2)cc1. The molecular formula is C29H30N2O5S. The number of carbonyl (C=O) groups is 3. The molecule has 0 heterocycles. The van der Waals surface area contributed by atoms with Gasteiger partial charge in [0.25, 0.3) is 5.91 Å². The van der Waals surface area contributed by atoms with Gasteiger partial charge in [-0.15, -0.1) is 0 Å². The lowest BCUT2D eigenvalue weighted by Crippen LogP contribution is -2.41. The molecule has 0 aliphatic rings. The number of benzene rings is 3. The van der Waals surface area contributed by atoms with Gasteiger partial charge in [0.15, 0.2) is 0 Å². The van der Waals surface area contributed by atoms with Crippen LogP contribution in [-0.4, -0.2) is 42.9 Å². The van der Waals surface area contributed by atoms with Gasteiger partial charge >= 0.3 is 5.97 Å². The van der Waals surface area contributed by atoms with E-state index in [2.05, 4.69) is 10.6 Å². The molecule has 0 aliphatic heterocycles. The Balaban J connectivity index is 1.50. The third-order valence-corrected chi connectivity index (χ3v) is 5.99. The summed E-state index contributed by atoms with van der Waals surface area (Å²) < 4.78 is 10.6. The molecule has 2 amide bonds. The Bertz CT molecular complexity index is 1210. The first-order valence-corrected chi connectivity index (χ1v) is 13.1. The molecule has 0 spiro atoms. The van der Waals surface area contributed by atoms with Gasteiger partial charge in [0.05, 0.1) is 7.11 Å². The van der Waals surface area contributed by atoms with Crippen LogP contribution in [0.15, 0.2) is 84.9 Å². The first kappa shape index (κ1) is 27.5. The zero-order valence-electron chi connectivity index (χ0n) is 20.8. The van der Waals surface area contributed by atoms with Crippen LogP contribution in [0.25, 0.3) is 6.08 Å². The number of rotatable bonds is 12. The normalized spacial score (nSPS) is 11.5. The first-order chi connectivity index (χ1) is 18.0. The molecule has 1 atom stereocenters. The highest BCUT2D eigenvalue weighted by atomic mass is 32.2. The molecular weight excluding hydrogens is 488 g/mol. The fraction of sp³-hybridized carbons (Fsp3) is 0.207. The van der Waals surface area contributed by atoms with E-state index in [1.54, 1.807) is 42.1 Å². The predicted molar refractivity (Wildman–Crippen MR) is 147 cm³/mol. The number of para-hydroxylation sites is 1. The van der Waals surface area contributed by atoms with Gasteiger partial charge in [0.2, 0.25) is 5.91 Å². The van der Waals surface area contributed by atoms with E-state index in [4.69, 9.17) is 9.47 Å². The van der Waals surface area contributed by atoms with Crippen LogP contribution in [0, 0.1) is 0 Å². The summed E-state index contributed by atoms with van der Waals surface area (Å²) in [5, 5.41) is 5.55. The van der Waals surface area contributed by atoms with Crippen molar-refractivity contribution in [1.82, 2.24) is 10.6 Å². The third kappa shape index (κ3) is 9.16. The number of methoxy groups -OCH3 is 1. The summed E-state index contributed by atoms with van der Waals surface area (Å²) in [5.74, 6) is 1.08. The summed E-state index contributed by atoms with van der Waals surface area (Å²) in [6.07, 6.45) is 5.60. The van der Waals surface area contributed by atoms with Crippen molar-refractivity contribution in [2.75, 3.05) is 19.1 Å². The van der Waals surface area contributed by atoms with Gasteiger partial charge in [-0.25, -0.2) is 4.79 Å². The van der Waals surface area contributed by atoms with Gasteiger partial charge < -0.3 is 20.1 Å². The second kappa shape index (κ2) is 14.5. The summed E-state index contributed by atoms with van der Waals surface area (Å²) in [7, 11) is 1.30. The van der Waals surface area contributed by atoms with Crippen LogP contribution >= 0.6 is 11.8 Å². The lowest BCUT2D eigenvalue weighted by atomic mass is 10.1. The minimum Gasteiger partial charge on any atom is -0.467 e. The van der Waals surface area contributed by atoms with E-state index in [1.807, 2.05) is 60.9 Å². The van der Waals surface area contributed by atoms with Crippen molar-refractivity contribution in [3.63, 3.8) is 0 Å². The maximum atomic E-state index is 12.5. The topological polar surface area (TPSA) is 93.7 Å². The van der Waals surface area contributed by atoms with Gasteiger partial charge in [-0.2, -0.15) is 11.8 Å². The smallest absolute Gasteiger partial charge is 0.328 e. The number of ether oxygens (including phenoxy) is 2. The summed E-state index contributed by atoms with van der Waals surface area (Å²) in [5.41, 5.74) is 2.09. The second-order valence-corrected chi connectivity index (χ2v) is 9.05. The monoisotopic (exact) mass is 518 g/mol. The minimum atomic E-state index is -0.693. The second-order valence-electron chi connectivity index (χ2n) is 8.07. The molecule has 0 radical (unpaired) electrons. The molecule has 0 bridgehead atoms. The molecule has 0 aliphatic carbocycles. The van der Waals surface area contributed by atoms with E-state index in [9.17, 15) is 14.4 Å². The highest BCUT2D eigenvalue weighted by molar-refractivity contribution is 7.98. The van der Waals surface area contributed by atoms with Crippen molar-refractivity contribution in [2.45, 2.75) is 19.0 Å². The minimum absolute atomic E-state index is 0.245. The largest absolute Gasteiger partial charge is 0.467 e. The Kier molecular flexibility index (Phi) is 10.8. The predicted octanol–water partition coefficient (Wildman–Crippen LogP) is 4.83. The van der Waals surface area contributed by atoms with Gasteiger partial charge in [-0.1, -0.05) is 42.5 Å². The molecule has 0 saturated carbocycles. The number of nitrogens with one attached hydrogen (secondary N) is 2. The lowest BCUT2D eigenvalue weighted by molar-refractivity contribution is -0.142. The maximum absolute atomic E-state index is 12.5. The number of esters is 1. The van der Waals surface area contributed by atoms with Crippen molar-refractivity contribution < 1.29 is 23.9 Å². The average Bonchev–Trinajstić information content (AvgIpc) is 2.93. The van der Waals surface area contributed by atoms with E-state index in [0.717, 1.165) is 22.6 Å². The fourth-order valence-electron chi connectivity index (χ4n) is 3.37. The summed E-state index contributed by atoms with van der Waals surface area (Å²) in [6, 6.07) is 23.1. The van der Waals surface area contributed by atoms with E-state index in [-0.39, 0.29) is 11.8 Å². The Morgan fingerprint density at radius 1 is 0.946 bits per heavy atom. The highest BCUT2D eigenvalue weighted by Crippen LogP contribution is 2.22. The molecule has 0 saturated heterocycles. The van der Waals surface area contributed by atoms with Crippen LogP contribution in [0.3, 0.4) is 0 Å². The van der Waals surface area contributed by atoms with E-state index < -0.39 is 12.0 Å². The number of hydrogen-bond donors (Lipinski definition) is 2. The summed E-state index contributed by atoms with van der Waals surface area (Å²) >= 11 is 1.59. The van der Waals surface area contributed by atoms with Crippen LogP contribution in [0.5, 0.6) is 11.5 Å². The van der Waals surface area contributed by atoms with E-state index >= 15 is 0 Å². The molecule has 37 heavy (non-hydrogen) atoms. The molecule has 0 unspecified atom stereocenters. The van der Waals surface area contributed by atoms with Crippen molar-refractivity contribution in [1.29, 1.82) is 0 Å². The quantitative estimate of drug-likeness (QED) is 0.263. The molecule has 3 aromatic rings. The fourth-order valence-corrected chi connectivity index (χ4v) is 3.84. The zero-order chi connectivity index (χ0) is 26.5. The molecule has 2 N–H and O–H groups in total. The Hall–Kier alpha value is -4.04. The van der Waals surface area contributed by atoms with Crippen LogP contribution in [-0.2, 0) is 20.9 Å². The van der Waals surface area contributed by atoms with Gasteiger partial charge in [0, 0.05) is 18.2 Å². The number of thioether (sulfide) groups is 1. The number of amides is 2. The van der Waals surface area contributed by atoms with Crippen molar-refractivity contribution >= 4 is 35.6 Å². The Morgan fingerprint density at radius 3 is 2.38 bits per heavy atom. The third-order valence-electron chi connectivity index (χ3n) is 5.35. The average molecular weight is 519 g/mol. The van der Waals surface area contributed by atoms with Crippen LogP contribution in [0.2, 0.25) is 0 Å². The van der Waals surface area contributed by atoms with Crippen molar-refractivity contribution in [3.8, 4) is 11.5 Å². The zero-order valence-corrected chi connectivity index (χ0v) is 21.6. The van der Waals surface area contributed by atoms with Crippen LogP contribution in [0.4, 0.5) is 0 Å². The molecule has 3 rings (SSSR count). The molecule has 3 aromatic carbocycles. The van der Waals surface area contributed by atoms with E-state index in [1.165, 1.54) is 13.2 Å². The molecule has 8 heteroatoms. The van der Waals surface area contributed by atoms with Gasteiger partial charge in [-0.3, -0.25) is 9.59 Å². The Morgan fingerprint density at radius 2 is 1.68 bits per heavy atom. The van der Waals surface area contributed by atoms with Crippen molar-refractivity contribution in [3.05, 3.63) is 102 Å². The standard InChI is InChI=1S/C29H30N2O5S/c1-35-29(34)26(17-18-37-2)31-28(33)23-14-11-22(12-15-23)20-30-27(32)16-13-21-7-6-10-25(19-21)36-24-8-4-3-5-9-24/h3-16,19,26H,17-18,20H2,1-2H3,(H,30,32)(H,31,33)/b16-13+/t26-/m0/s1. The lowest BCUT2D eigenvalue weighted by Gasteiger charge is -2.16. The van der Waals surface area contributed by atoms with Gasteiger partial charge in [-0.05, 0) is 72.0 Å². The van der Waals surface area contributed by atoms with Crippen LogP contribution < -0.4 is 15.4 Å². The van der Waals surface area contributed by atoms with Crippen molar-refractivity contribution in [2.24, 2.45) is 0 Å². The van der Waals surface area contributed by atoms with Gasteiger partial charge in [0.1, 0.15) is 17.5 Å². The number of hydrogen-bond acceptors (Lipinski definition) is 6. The molecule has 0 fully saturated rings. The molecule has 192 valence electrons. The summed E-state index contributed by atoms with van der Waals surface area (Å²) in [4.78, 5) is 36.8.